The van der Waals surface area contributed by atoms with Gasteiger partial charge in [-0.1, -0.05) is 104 Å². The molecule has 178 valence electrons. The molecule has 0 saturated heterocycles. The lowest BCUT2D eigenvalue weighted by Gasteiger charge is -2.24. The second-order valence-corrected chi connectivity index (χ2v) is 11.3. The van der Waals surface area contributed by atoms with E-state index in [1.807, 2.05) is 11.8 Å². The van der Waals surface area contributed by atoms with E-state index >= 15 is 0 Å². The highest BCUT2D eigenvalue weighted by molar-refractivity contribution is 7.99. The van der Waals surface area contributed by atoms with Crippen LogP contribution >= 0.6 is 11.8 Å². The van der Waals surface area contributed by atoms with E-state index in [1.165, 1.54) is 75.2 Å². The molecule has 3 heteroatoms. The molecule has 9 rings (SSSR count). The van der Waals surface area contributed by atoms with Gasteiger partial charge in [0.25, 0.3) is 0 Å². The van der Waals surface area contributed by atoms with Crippen LogP contribution in [0.5, 0.6) is 0 Å². The van der Waals surface area contributed by atoms with Crippen LogP contribution in [0.1, 0.15) is 12.7 Å². The first-order valence-corrected chi connectivity index (χ1v) is 14.0. The second-order valence-electron chi connectivity index (χ2n) is 10.2. The van der Waals surface area contributed by atoms with Gasteiger partial charge in [0.15, 0.2) is 0 Å². The number of aryl methyl sites for hydroxylation is 1. The predicted molar refractivity (Wildman–Crippen MR) is 161 cm³/mol. The van der Waals surface area contributed by atoms with Gasteiger partial charge in [0.2, 0.25) is 0 Å². The Morgan fingerprint density at radius 2 is 1.26 bits per heavy atom. The summed E-state index contributed by atoms with van der Waals surface area (Å²) in [6, 6.07) is 38.2. The van der Waals surface area contributed by atoms with Crippen molar-refractivity contribution in [3.8, 4) is 16.8 Å². The minimum Gasteiger partial charge on any atom is -0.293 e. The van der Waals surface area contributed by atoms with Crippen LogP contribution in [0.4, 0.5) is 0 Å². The van der Waals surface area contributed by atoms with Crippen LogP contribution in [0.15, 0.2) is 113 Å². The summed E-state index contributed by atoms with van der Waals surface area (Å²) in [7, 11) is 0. The normalized spacial score (nSPS) is 12.9. The quantitative estimate of drug-likeness (QED) is 0.173. The molecule has 0 atom stereocenters. The van der Waals surface area contributed by atoms with Crippen molar-refractivity contribution in [1.29, 1.82) is 0 Å². The van der Waals surface area contributed by atoms with Gasteiger partial charge < -0.3 is 0 Å². The lowest BCUT2D eigenvalue weighted by Crippen LogP contribution is -2.07. The van der Waals surface area contributed by atoms with E-state index in [0.717, 1.165) is 17.8 Å². The summed E-state index contributed by atoms with van der Waals surface area (Å²) in [5.41, 5.74) is 6.11. The van der Waals surface area contributed by atoms with Gasteiger partial charge in [-0.3, -0.25) is 4.57 Å². The first kappa shape index (κ1) is 20.7. The Morgan fingerprint density at radius 1 is 0.605 bits per heavy atom. The molecule has 1 aliphatic rings. The molecule has 2 heterocycles. The second kappa shape index (κ2) is 7.37. The van der Waals surface area contributed by atoms with Crippen molar-refractivity contribution in [3.05, 3.63) is 109 Å². The Balaban J connectivity index is 1.43. The van der Waals surface area contributed by atoms with Crippen molar-refractivity contribution >= 4 is 65.9 Å². The Hall–Kier alpha value is -4.34. The maximum atomic E-state index is 5.05. The summed E-state index contributed by atoms with van der Waals surface area (Å²) in [6.07, 6.45) is 0.886. The fourth-order valence-electron chi connectivity index (χ4n) is 6.76. The topological polar surface area (TPSA) is 17.8 Å². The summed E-state index contributed by atoms with van der Waals surface area (Å²) < 4.78 is 2.43. The molecular formula is C35H22N2S. The molecule has 0 fully saturated rings. The first-order chi connectivity index (χ1) is 18.8. The van der Waals surface area contributed by atoms with Gasteiger partial charge in [-0.05, 0) is 66.9 Å². The van der Waals surface area contributed by atoms with Crippen LogP contribution in [0, 0.1) is 0 Å². The number of rotatable bonds is 2. The Labute approximate surface area is 223 Å². The Morgan fingerprint density at radius 3 is 2.08 bits per heavy atom. The smallest absolute Gasteiger partial charge is 0.114 e. The summed E-state index contributed by atoms with van der Waals surface area (Å²) in [4.78, 5) is 7.61. The number of hydrogen-bond donors (Lipinski definition) is 0. The van der Waals surface area contributed by atoms with E-state index in [-0.39, 0.29) is 0 Å². The standard InChI is InChI=1S/C35H22N2S/c1-2-31-36-28-15-7-17-30-35(28)37(31)34-27(14-6-16-29(34)38-30)21-18-19-26-24-11-4-9-20-8-3-10-23(32(20)24)25-13-5-12-22(21)33(25)26/h3-19H,2H2,1H3. The fraction of sp³-hybridized carbons (Fsp3) is 0.0571. The number of aromatic nitrogens is 2. The van der Waals surface area contributed by atoms with Gasteiger partial charge >= 0.3 is 0 Å². The third-order valence-electron chi connectivity index (χ3n) is 8.28. The van der Waals surface area contributed by atoms with Crippen molar-refractivity contribution in [2.75, 3.05) is 0 Å². The minimum absolute atomic E-state index is 0.886. The number of para-hydroxylation sites is 2. The lowest BCUT2D eigenvalue weighted by molar-refractivity contribution is 0.889. The summed E-state index contributed by atoms with van der Waals surface area (Å²) >= 11 is 1.86. The average molecular weight is 503 g/mol. The molecule has 0 spiro atoms. The molecule has 7 aromatic carbocycles. The van der Waals surface area contributed by atoms with Crippen LogP contribution in [-0.4, -0.2) is 9.55 Å². The van der Waals surface area contributed by atoms with Crippen LogP contribution in [-0.2, 0) is 6.42 Å². The summed E-state index contributed by atoms with van der Waals surface area (Å²) in [5.74, 6) is 1.12. The molecule has 1 aromatic heterocycles. The summed E-state index contributed by atoms with van der Waals surface area (Å²) in [6.45, 7) is 2.20. The minimum atomic E-state index is 0.886. The molecule has 0 amide bonds. The Kier molecular flexibility index (Phi) is 4.01. The van der Waals surface area contributed by atoms with E-state index < -0.39 is 0 Å². The van der Waals surface area contributed by atoms with Crippen molar-refractivity contribution in [2.45, 2.75) is 23.1 Å². The number of benzene rings is 7. The molecule has 0 aliphatic carbocycles. The van der Waals surface area contributed by atoms with Crippen LogP contribution < -0.4 is 0 Å². The SMILES string of the molecule is CCc1nc2cccc3c2n1-c1c(cccc1-c1ccc2c4cccc5cccc(c6cccc1c62)c54)S3. The number of nitrogens with zero attached hydrogens (tertiary/aromatic N) is 2. The molecule has 0 saturated carbocycles. The average Bonchev–Trinajstić information content (AvgIpc) is 3.35. The summed E-state index contributed by atoms with van der Waals surface area (Å²) in [5, 5.41) is 10.6. The largest absolute Gasteiger partial charge is 0.293 e. The van der Waals surface area contributed by atoms with Gasteiger partial charge in [-0.25, -0.2) is 4.98 Å². The van der Waals surface area contributed by atoms with Crippen molar-refractivity contribution < 1.29 is 0 Å². The van der Waals surface area contributed by atoms with Gasteiger partial charge in [0, 0.05) is 21.8 Å². The van der Waals surface area contributed by atoms with E-state index in [1.54, 1.807) is 0 Å². The predicted octanol–water partition coefficient (Wildman–Crippen LogP) is 9.77. The first-order valence-electron chi connectivity index (χ1n) is 13.2. The van der Waals surface area contributed by atoms with E-state index in [4.69, 9.17) is 4.98 Å². The van der Waals surface area contributed by atoms with E-state index in [0.29, 0.717) is 0 Å². The zero-order chi connectivity index (χ0) is 25.0. The molecule has 8 aromatic rings. The number of hydrogen-bond acceptors (Lipinski definition) is 2. The van der Waals surface area contributed by atoms with E-state index in [2.05, 4.69) is 115 Å². The van der Waals surface area contributed by atoms with Crippen molar-refractivity contribution in [3.63, 3.8) is 0 Å². The molecule has 0 bridgehead atoms. The molecular weight excluding hydrogens is 480 g/mol. The van der Waals surface area contributed by atoms with Gasteiger partial charge in [0.05, 0.1) is 16.7 Å². The molecule has 0 radical (unpaired) electrons. The molecule has 38 heavy (non-hydrogen) atoms. The van der Waals surface area contributed by atoms with Gasteiger partial charge in [-0.2, -0.15) is 0 Å². The molecule has 2 nitrogen and oxygen atoms in total. The molecule has 0 unspecified atom stereocenters. The van der Waals surface area contributed by atoms with Crippen molar-refractivity contribution in [2.24, 2.45) is 0 Å². The highest BCUT2D eigenvalue weighted by Gasteiger charge is 2.26. The highest BCUT2D eigenvalue weighted by Crippen LogP contribution is 2.49. The maximum absolute atomic E-state index is 5.05. The van der Waals surface area contributed by atoms with E-state index in [9.17, 15) is 0 Å². The van der Waals surface area contributed by atoms with Crippen molar-refractivity contribution in [1.82, 2.24) is 9.55 Å². The monoisotopic (exact) mass is 502 g/mol. The Bertz CT molecular complexity index is 2210. The lowest BCUT2D eigenvalue weighted by atomic mass is 9.87. The zero-order valence-electron chi connectivity index (χ0n) is 20.8. The van der Waals surface area contributed by atoms with Crippen LogP contribution in [0.2, 0.25) is 0 Å². The molecule has 1 aliphatic heterocycles. The van der Waals surface area contributed by atoms with Crippen LogP contribution in [0.3, 0.4) is 0 Å². The molecule has 0 N–H and O–H groups in total. The highest BCUT2D eigenvalue weighted by atomic mass is 32.2. The third kappa shape index (κ3) is 2.52. The fourth-order valence-corrected chi connectivity index (χ4v) is 7.88. The van der Waals surface area contributed by atoms with Gasteiger partial charge in [-0.15, -0.1) is 0 Å². The van der Waals surface area contributed by atoms with Gasteiger partial charge in [0.1, 0.15) is 5.82 Å². The number of fused-ring (bicyclic) bond motifs is 4. The number of imidazole rings is 1. The third-order valence-corrected chi connectivity index (χ3v) is 9.38. The van der Waals surface area contributed by atoms with Crippen LogP contribution in [0.25, 0.3) is 70.9 Å². The maximum Gasteiger partial charge on any atom is 0.114 e. The zero-order valence-corrected chi connectivity index (χ0v) is 21.6.